The molecule has 0 heterocycles. The van der Waals surface area contributed by atoms with Gasteiger partial charge in [0.15, 0.2) is 0 Å². The molecule has 0 bridgehead atoms. The first-order valence-corrected chi connectivity index (χ1v) is 37.7. The molecule has 0 unspecified atom stereocenters. The van der Waals surface area contributed by atoms with Crippen molar-refractivity contribution in [1.82, 2.24) is 0 Å². The van der Waals surface area contributed by atoms with Gasteiger partial charge in [-0.3, -0.25) is 0 Å². The third-order valence-corrected chi connectivity index (χ3v) is 37.8. The zero-order valence-electron chi connectivity index (χ0n) is 48.1. The van der Waals surface area contributed by atoms with Crippen molar-refractivity contribution in [3.05, 3.63) is 243 Å². The van der Waals surface area contributed by atoms with E-state index in [2.05, 4.69) is 326 Å². The standard InChI is InChI=1S/C68H82O4S2Si4/c1-65(2,3)75(55-37-21-13-22-38-55,56-39-23-14-24-40-56)69-63(70-76(66(4,5)6,57-41-25-15-26-42-57)58-43-27-16-28-44-58)53-73-74-54-64(71-77(67(7,8)9,59-45-29-17-30-46-59)60-47-31-18-32-48-60)72-78(68(10,11)12,61-49-33-19-34-50-61)62-51-35-20-36-52-62/h13-52,63-64H,53-54H2,1-12H3. The molecule has 10 heteroatoms. The molecule has 78 heavy (non-hydrogen) atoms. The first-order chi connectivity index (χ1) is 37.2. The van der Waals surface area contributed by atoms with E-state index in [1.54, 1.807) is 21.6 Å². The molecule has 0 aromatic heterocycles. The highest BCUT2D eigenvalue weighted by atomic mass is 33.1. The van der Waals surface area contributed by atoms with Gasteiger partial charge in [0.2, 0.25) is 0 Å². The Hall–Kier alpha value is -4.83. The number of benzene rings is 8. The van der Waals surface area contributed by atoms with Crippen molar-refractivity contribution in [2.45, 2.75) is 116 Å². The topological polar surface area (TPSA) is 36.9 Å². The maximum absolute atomic E-state index is 8.23. The minimum Gasteiger partial charge on any atom is -0.383 e. The van der Waals surface area contributed by atoms with Gasteiger partial charge in [0.25, 0.3) is 33.3 Å². The SMILES string of the molecule is CC(C)(C)[Si](OC(CSSCC(O[Si](c1ccccc1)(c1ccccc1)C(C)(C)C)O[Si](c1ccccc1)(c1ccccc1)C(C)(C)C)O[Si](c1ccccc1)(c1ccccc1)C(C)(C)C)(c1ccccc1)c1ccccc1. The van der Waals surface area contributed by atoms with Gasteiger partial charge in [-0.25, -0.2) is 0 Å². The van der Waals surface area contributed by atoms with Crippen LogP contribution < -0.4 is 41.5 Å². The Kier molecular flexibility index (Phi) is 18.9. The normalized spacial score (nSPS) is 13.3. The van der Waals surface area contributed by atoms with Crippen molar-refractivity contribution in [2.24, 2.45) is 0 Å². The molecule has 0 fully saturated rings. The minimum atomic E-state index is -3.17. The van der Waals surface area contributed by atoms with Crippen LogP contribution in [0.5, 0.6) is 0 Å². The zero-order valence-corrected chi connectivity index (χ0v) is 53.7. The Morgan fingerprint density at radius 3 is 0.487 bits per heavy atom. The van der Waals surface area contributed by atoms with Gasteiger partial charge >= 0.3 is 0 Å². The highest BCUT2D eigenvalue weighted by Gasteiger charge is 2.58. The van der Waals surface area contributed by atoms with E-state index in [0.717, 1.165) is 0 Å². The molecule has 0 aliphatic rings. The molecule has 0 atom stereocenters. The molecule has 406 valence electrons. The minimum absolute atomic E-state index is 0.293. The molecule has 8 rings (SSSR count). The third kappa shape index (κ3) is 12.1. The second-order valence-electron chi connectivity index (χ2n) is 24.6. The molecule has 0 aliphatic heterocycles. The van der Waals surface area contributed by atoms with Crippen LogP contribution in [0.4, 0.5) is 0 Å². The van der Waals surface area contributed by atoms with Crippen LogP contribution in [0.3, 0.4) is 0 Å². The molecule has 0 N–H and O–H groups in total. The lowest BCUT2D eigenvalue weighted by atomic mass is 10.2. The summed E-state index contributed by atoms with van der Waals surface area (Å²) < 4.78 is 32.9. The first-order valence-electron chi connectivity index (χ1n) is 27.6. The van der Waals surface area contributed by atoms with Crippen molar-refractivity contribution >= 4 is 96.4 Å². The van der Waals surface area contributed by atoms with Crippen molar-refractivity contribution in [3.8, 4) is 0 Å². The van der Waals surface area contributed by atoms with Crippen molar-refractivity contribution in [1.29, 1.82) is 0 Å². The van der Waals surface area contributed by atoms with Gasteiger partial charge in [0, 0.05) is 0 Å². The van der Waals surface area contributed by atoms with E-state index in [0.29, 0.717) is 11.5 Å². The van der Waals surface area contributed by atoms with E-state index in [1.165, 1.54) is 41.5 Å². The van der Waals surface area contributed by atoms with Crippen LogP contribution in [0.1, 0.15) is 83.1 Å². The Morgan fingerprint density at radius 2 is 0.372 bits per heavy atom. The fourth-order valence-corrected chi connectivity index (χ4v) is 32.7. The van der Waals surface area contributed by atoms with Crippen molar-refractivity contribution < 1.29 is 17.7 Å². The Labute approximate surface area is 480 Å². The summed E-state index contributed by atoms with van der Waals surface area (Å²) in [6.07, 6.45) is -1.26. The number of hydrogen-bond donors (Lipinski definition) is 0. The van der Waals surface area contributed by atoms with Gasteiger partial charge in [-0.05, 0) is 61.6 Å². The summed E-state index contributed by atoms with van der Waals surface area (Å²) >= 11 is 0. The van der Waals surface area contributed by atoms with E-state index >= 15 is 0 Å². The quantitative estimate of drug-likeness (QED) is 0.0309. The van der Waals surface area contributed by atoms with Gasteiger partial charge in [0.05, 0.1) is 11.5 Å². The monoisotopic (exact) mass is 1140 g/mol. The van der Waals surface area contributed by atoms with Crippen LogP contribution >= 0.6 is 21.6 Å². The van der Waals surface area contributed by atoms with E-state index in [1.807, 2.05) is 0 Å². The summed E-state index contributed by atoms with van der Waals surface area (Å²) in [6.45, 7) is 28.3. The van der Waals surface area contributed by atoms with Gasteiger partial charge in [-0.1, -0.05) is 347 Å². The van der Waals surface area contributed by atoms with Crippen LogP contribution in [0.25, 0.3) is 0 Å². The fourth-order valence-electron chi connectivity index (χ4n) is 11.9. The second kappa shape index (κ2) is 24.9. The maximum Gasteiger partial charge on any atom is 0.264 e. The van der Waals surface area contributed by atoms with Crippen LogP contribution in [-0.2, 0) is 17.7 Å². The molecule has 0 saturated heterocycles. The Bertz CT molecular complexity index is 2480. The molecule has 0 amide bonds. The fraction of sp³-hybridized carbons (Fsp3) is 0.294. The lowest BCUT2D eigenvalue weighted by molar-refractivity contribution is 0.00870. The molecular weight excluding hydrogens is 1060 g/mol. The summed E-state index contributed by atoms with van der Waals surface area (Å²) in [4.78, 5) is 0. The lowest BCUT2D eigenvalue weighted by Crippen LogP contribution is -2.72. The van der Waals surface area contributed by atoms with Gasteiger partial charge in [-0.2, -0.15) is 0 Å². The molecule has 8 aromatic carbocycles. The van der Waals surface area contributed by atoms with Gasteiger partial charge in [0.1, 0.15) is 12.6 Å². The molecule has 4 nitrogen and oxygen atoms in total. The summed E-state index contributed by atoms with van der Waals surface area (Å²) in [7, 11) is -9.09. The largest absolute Gasteiger partial charge is 0.383 e. The highest BCUT2D eigenvalue weighted by Crippen LogP contribution is 2.45. The Balaban J connectivity index is 1.29. The van der Waals surface area contributed by atoms with Gasteiger partial charge < -0.3 is 17.7 Å². The van der Waals surface area contributed by atoms with Crippen molar-refractivity contribution in [2.75, 3.05) is 11.5 Å². The predicted molar refractivity (Wildman–Crippen MR) is 347 cm³/mol. The maximum atomic E-state index is 8.23. The summed E-state index contributed by atoms with van der Waals surface area (Å²) in [5.41, 5.74) is 0. The molecule has 8 aromatic rings. The van der Waals surface area contributed by atoms with E-state index in [-0.39, 0.29) is 20.2 Å². The summed E-state index contributed by atoms with van der Waals surface area (Å²) in [6, 6.07) is 87.9. The van der Waals surface area contributed by atoms with E-state index in [9.17, 15) is 0 Å². The summed E-state index contributed by atoms with van der Waals surface area (Å²) in [5, 5.41) is 8.57. The second-order valence-corrected chi connectivity index (χ2v) is 44.1. The van der Waals surface area contributed by atoms with Crippen LogP contribution in [0.15, 0.2) is 243 Å². The average molecular weight is 1140 g/mol. The highest BCUT2D eigenvalue weighted by molar-refractivity contribution is 8.76. The van der Waals surface area contributed by atoms with E-state index in [4.69, 9.17) is 17.7 Å². The molecule has 0 saturated carbocycles. The number of hydrogen-bond acceptors (Lipinski definition) is 6. The van der Waals surface area contributed by atoms with Crippen LogP contribution in [0, 0.1) is 0 Å². The zero-order chi connectivity index (χ0) is 55.7. The molecule has 0 radical (unpaired) electrons. The predicted octanol–water partition coefficient (Wildman–Crippen LogP) is 13.3. The third-order valence-electron chi connectivity index (χ3n) is 15.4. The summed E-state index contributed by atoms with van der Waals surface area (Å²) in [5.74, 6) is 1.09. The molecular formula is C68H82O4S2Si4. The smallest absolute Gasteiger partial charge is 0.264 e. The molecule has 0 aliphatic carbocycles. The van der Waals surface area contributed by atoms with Crippen LogP contribution in [0.2, 0.25) is 20.2 Å². The molecule has 0 spiro atoms. The first kappa shape index (κ1) is 59.3. The van der Waals surface area contributed by atoms with Gasteiger partial charge in [-0.15, -0.1) is 0 Å². The van der Waals surface area contributed by atoms with Crippen LogP contribution in [-0.4, -0.2) is 57.4 Å². The lowest BCUT2D eigenvalue weighted by Gasteiger charge is -2.49. The Morgan fingerprint density at radius 1 is 0.244 bits per heavy atom. The van der Waals surface area contributed by atoms with Crippen molar-refractivity contribution in [3.63, 3.8) is 0 Å². The van der Waals surface area contributed by atoms with E-state index < -0.39 is 45.8 Å². The number of rotatable bonds is 21. The average Bonchev–Trinajstić information content (AvgIpc) is 3.53.